The largest absolute Gasteiger partial charge is 0.497 e. The van der Waals surface area contributed by atoms with Crippen molar-refractivity contribution in [2.75, 3.05) is 26.9 Å². The van der Waals surface area contributed by atoms with Gasteiger partial charge in [0.05, 0.1) is 13.2 Å². The summed E-state index contributed by atoms with van der Waals surface area (Å²) in [7, 11) is 1.66. The molecule has 1 aliphatic heterocycles. The van der Waals surface area contributed by atoms with Crippen LogP contribution in [0.2, 0.25) is 0 Å². The van der Waals surface area contributed by atoms with Crippen LogP contribution >= 0.6 is 0 Å². The SMILES string of the molecule is COc1ccc(C2(CNC(=O)[C@@H](N)CC(C)C)CCOCC2)cc1. The molecule has 1 aromatic carbocycles. The standard InChI is InChI=1S/C19H30N2O3/c1-14(2)12-17(20)18(22)21-13-19(8-10-24-11-9-19)15-4-6-16(23-3)7-5-15/h4-7,14,17H,8-13,20H2,1-3H3,(H,21,22)/t17-/m0/s1. The van der Waals surface area contributed by atoms with Gasteiger partial charge in [-0.05, 0) is 42.9 Å². The molecule has 134 valence electrons. The van der Waals surface area contributed by atoms with Crippen LogP contribution in [0.4, 0.5) is 0 Å². The molecule has 1 amide bonds. The number of ether oxygens (including phenoxy) is 2. The molecule has 1 atom stereocenters. The van der Waals surface area contributed by atoms with Gasteiger partial charge < -0.3 is 20.5 Å². The average molecular weight is 334 g/mol. The van der Waals surface area contributed by atoms with Gasteiger partial charge in [0.25, 0.3) is 0 Å². The maximum absolute atomic E-state index is 12.3. The molecule has 1 saturated heterocycles. The number of carbonyl (C=O) groups is 1. The Kier molecular flexibility index (Phi) is 6.63. The molecule has 0 aliphatic carbocycles. The lowest BCUT2D eigenvalue weighted by Gasteiger charge is -2.38. The van der Waals surface area contributed by atoms with Crippen LogP contribution in [0.3, 0.4) is 0 Å². The van der Waals surface area contributed by atoms with E-state index in [1.54, 1.807) is 7.11 Å². The predicted octanol–water partition coefficient (Wildman–Crippen LogP) is 2.23. The van der Waals surface area contributed by atoms with E-state index in [1.165, 1.54) is 5.56 Å². The summed E-state index contributed by atoms with van der Waals surface area (Å²) in [6, 6.07) is 7.67. The minimum absolute atomic E-state index is 0.0666. The molecule has 2 rings (SSSR count). The van der Waals surface area contributed by atoms with Gasteiger partial charge in [-0.25, -0.2) is 0 Å². The maximum Gasteiger partial charge on any atom is 0.236 e. The molecule has 0 saturated carbocycles. The van der Waals surface area contributed by atoms with Crippen molar-refractivity contribution < 1.29 is 14.3 Å². The topological polar surface area (TPSA) is 73.6 Å². The van der Waals surface area contributed by atoms with Gasteiger partial charge in [-0.1, -0.05) is 26.0 Å². The van der Waals surface area contributed by atoms with Crippen LogP contribution in [0.1, 0.15) is 38.7 Å². The summed E-state index contributed by atoms with van der Waals surface area (Å²) in [6.45, 7) is 6.15. The molecule has 0 unspecified atom stereocenters. The van der Waals surface area contributed by atoms with Crippen LogP contribution in [0.15, 0.2) is 24.3 Å². The third-order valence-electron chi connectivity index (χ3n) is 4.82. The van der Waals surface area contributed by atoms with Crippen molar-refractivity contribution in [1.82, 2.24) is 5.32 Å². The second kappa shape index (κ2) is 8.49. The van der Waals surface area contributed by atoms with Gasteiger partial charge >= 0.3 is 0 Å². The molecular weight excluding hydrogens is 304 g/mol. The smallest absolute Gasteiger partial charge is 0.236 e. The first kappa shape index (κ1) is 18.7. The lowest BCUT2D eigenvalue weighted by molar-refractivity contribution is -0.123. The highest BCUT2D eigenvalue weighted by Gasteiger charge is 2.35. The summed E-state index contributed by atoms with van der Waals surface area (Å²) >= 11 is 0. The van der Waals surface area contributed by atoms with Crippen molar-refractivity contribution in [3.8, 4) is 5.75 Å². The average Bonchev–Trinajstić information content (AvgIpc) is 2.60. The highest BCUT2D eigenvalue weighted by atomic mass is 16.5. The van der Waals surface area contributed by atoms with Crippen molar-refractivity contribution in [2.24, 2.45) is 11.7 Å². The number of amides is 1. The van der Waals surface area contributed by atoms with Crippen LogP contribution in [-0.2, 0) is 14.9 Å². The van der Waals surface area contributed by atoms with Gasteiger partial charge in [0.1, 0.15) is 5.75 Å². The van der Waals surface area contributed by atoms with E-state index in [0.717, 1.165) is 18.6 Å². The van der Waals surface area contributed by atoms with Crippen LogP contribution in [0.5, 0.6) is 5.75 Å². The number of rotatable bonds is 7. The quantitative estimate of drug-likeness (QED) is 0.802. The second-order valence-electron chi connectivity index (χ2n) is 7.08. The van der Waals surface area contributed by atoms with E-state index < -0.39 is 6.04 Å². The van der Waals surface area contributed by atoms with Crippen LogP contribution in [0, 0.1) is 5.92 Å². The van der Waals surface area contributed by atoms with Crippen molar-refractivity contribution in [3.05, 3.63) is 29.8 Å². The minimum Gasteiger partial charge on any atom is -0.497 e. The zero-order valence-electron chi connectivity index (χ0n) is 15.0. The lowest BCUT2D eigenvalue weighted by atomic mass is 9.74. The lowest BCUT2D eigenvalue weighted by Crippen LogP contribution is -2.49. The Morgan fingerprint density at radius 1 is 1.29 bits per heavy atom. The van der Waals surface area contributed by atoms with E-state index in [-0.39, 0.29) is 11.3 Å². The molecule has 24 heavy (non-hydrogen) atoms. The molecule has 0 radical (unpaired) electrons. The Balaban J connectivity index is 2.08. The highest BCUT2D eigenvalue weighted by molar-refractivity contribution is 5.81. The van der Waals surface area contributed by atoms with Crippen molar-refractivity contribution in [3.63, 3.8) is 0 Å². The number of hydrogen-bond acceptors (Lipinski definition) is 4. The monoisotopic (exact) mass is 334 g/mol. The molecule has 5 heteroatoms. The molecule has 0 spiro atoms. The zero-order valence-corrected chi connectivity index (χ0v) is 15.0. The zero-order chi connectivity index (χ0) is 17.6. The number of methoxy groups -OCH3 is 1. The summed E-state index contributed by atoms with van der Waals surface area (Å²) in [6.07, 6.45) is 2.47. The molecule has 1 fully saturated rings. The van der Waals surface area contributed by atoms with Gasteiger partial charge in [0.2, 0.25) is 5.91 Å². The fourth-order valence-electron chi connectivity index (χ4n) is 3.28. The first-order chi connectivity index (χ1) is 11.5. The van der Waals surface area contributed by atoms with Gasteiger partial charge in [0, 0.05) is 25.2 Å². The summed E-state index contributed by atoms with van der Waals surface area (Å²) in [5, 5.41) is 3.07. The van der Waals surface area contributed by atoms with Crippen LogP contribution in [-0.4, -0.2) is 38.8 Å². The van der Waals surface area contributed by atoms with Gasteiger partial charge in [-0.15, -0.1) is 0 Å². The molecule has 1 heterocycles. The number of nitrogens with two attached hydrogens (primary N) is 1. The maximum atomic E-state index is 12.3. The Morgan fingerprint density at radius 3 is 2.46 bits per heavy atom. The van der Waals surface area contributed by atoms with E-state index in [4.69, 9.17) is 15.2 Å². The van der Waals surface area contributed by atoms with E-state index in [0.29, 0.717) is 32.1 Å². The summed E-state index contributed by atoms with van der Waals surface area (Å²) in [5.74, 6) is 1.18. The molecular formula is C19H30N2O3. The number of hydrogen-bond donors (Lipinski definition) is 2. The van der Waals surface area contributed by atoms with Crippen LogP contribution in [0.25, 0.3) is 0 Å². The Bertz CT molecular complexity index is 522. The van der Waals surface area contributed by atoms with Crippen molar-refractivity contribution >= 4 is 5.91 Å². The van der Waals surface area contributed by atoms with E-state index >= 15 is 0 Å². The predicted molar refractivity (Wildman–Crippen MR) is 95.2 cm³/mol. The summed E-state index contributed by atoms with van der Waals surface area (Å²) < 4.78 is 10.8. The first-order valence-corrected chi connectivity index (χ1v) is 8.72. The fourth-order valence-corrected chi connectivity index (χ4v) is 3.28. The van der Waals surface area contributed by atoms with Crippen molar-refractivity contribution in [1.29, 1.82) is 0 Å². The molecule has 1 aromatic rings. The summed E-state index contributed by atoms with van der Waals surface area (Å²) in [4.78, 5) is 12.3. The summed E-state index contributed by atoms with van der Waals surface area (Å²) in [5.41, 5.74) is 7.11. The Morgan fingerprint density at radius 2 is 1.92 bits per heavy atom. The molecule has 0 aromatic heterocycles. The van der Waals surface area contributed by atoms with Crippen LogP contribution < -0.4 is 15.8 Å². The third-order valence-corrected chi connectivity index (χ3v) is 4.82. The molecule has 0 bridgehead atoms. The number of nitrogens with one attached hydrogen (secondary N) is 1. The van der Waals surface area contributed by atoms with Crippen molar-refractivity contribution in [2.45, 2.75) is 44.6 Å². The molecule has 1 aliphatic rings. The van der Waals surface area contributed by atoms with Gasteiger partial charge in [-0.2, -0.15) is 0 Å². The van der Waals surface area contributed by atoms with Gasteiger partial charge in [-0.3, -0.25) is 4.79 Å². The molecule has 5 nitrogen and oxygen atoms in total. The second-order valence-corrected chi connectivity index (χ2v) is 7.08. The van der Waals surface area contributed by atoms with E-state index in [9.17, 15) is 4.79 Å². The van der Waals surface area contributed by atoms with E-state index in [2.05, 4.69) is 31.3 Å². The fraction of sp³-hybridized carbons (Fsp3) is 0.632. The molecule has 3 N–H and O–H groups in total. The van der Waals surface area contributed by atoms with E-state index in [1.807, 2.05) is 12.1 Å². The third kappa shape index (κ3) is 4.71. The van der Waals surface area contributed by atoms with Gasteiger partial charge in [0.15, 0.2) is 0 Å². The first-order valence-electron chi connectivity index (χ1n) is 8.72. The Labute approximate surface area is 144 Å². The minimum atomic E-state index is -0.447. The normalized spacial score (nSPS) is 18.2. The number of carbonyl (C=O) groups excluding carboxylic acids is 1. The highest BCUT2D eigenvalue weighted by Crippen LogP contribution is 2.35. The number of benzene rings is 1. The Hall–Kier alpha value is -1.59.